The number of allylic oxidation sites excluding steroid dienone is 5. The molecule has 0 aliphatic carbocycles. The first kappa shape index (κ1) is 16.0. The van der Waals surface area contributed by atoms with Crippen molar-refractivity contribution >= 4 is 12.9 Å². The maximum atomic E-state index is 3.83. The third-order valence-electron chi connectivity index (χ3n) is 1.65. The molecule has 0 saturated carbocycles. The molecule has 0 bridgehead atoms. The third kappa shape index (κ3) is 7.62. The topological polar surface area (TPSA) is 24.7 Å². The van der Waals surface area contributed by atoms with Crippen LogP contribution in [0.3, 0.4) is 0 Å². The summed E-state index contributed by atoms with van der Waals surface area (Å²) in [5.74, 6) is 0. The quantitative estimate of drug-likeness (QED) is 0.366. The molecule has 0 aliphatic rings. The van der Waals surface area contributed by atoms with Gasteiger partial charge in [0.15, 0.2) is 0 Å². The summed E-state index contributed by atoms with van der Waals surface area (Å²) in [5.41, 5.74) is 3.22. The molecule has 0 atom stereocenters. The van der Waals surface area contributed by atoms with E-state index >= 15 is 0 Å². The van der Waals surface area contributed by atoms with Gasteiger partial charge in [0.05, 0.1) is 6.21 Å². The molecule has 2 nitrogen and oxygen atoms in total. The van der Waals surface area contributed by atoms with Crippen molar-refractivity contribution in [2.24, 2.45) is 10.2 Å². The molecule has 0 unspecified atom stereocenters. The summed E-state index contributed by atoms with van der Waals surface area (Å²) in [6.07, 6.45) is 6.83. The van der Waals surface area contributed by atoms with Crippen molar-refractivity contribution in [1.29, 1.82) is 0 Å². The van der Waals surface area contributed by atoms with E-state index in [4.69, 9.17) is 0 Å². The number of rotatable bonds is 5. The van der Waals surface area contributed by atoms with Gasteiger partial charge in [-0.2, -0.15) is 10.2 Å². The lowest BCUT2D eigenvalue weighted by Crippen LogP contribution is -1.88. The maximum Gasteiger partial charge on any atom is 0.0570 e. The average molecular weight is 206 g/mol. The van der Waals surface area contributed by atoms with Crippen LogP contribution in [-0.2, 0) is 0 Å². The molecule has 0 aromatic rings. The van der Waals surface area contributed by atoms with E-state index in [1.54, 1.807) is 6.21 Å². The Hall–Kier alpha value is -1.44. The molecule has 15 heavy (non-hydrogen) atoms. The molecular weight excluding hydrogens is 184 g/mol. The van der Waals surface area contributed by atoms with Crippen LogP contribution in [0.1, 0.15) is 34.6 Å². The van der Waals surface area contributed by atoms with E-state index in [1.165, 1.54) is 5.57 Å². The molecule has 0 aromatic heterocycles. The van der Waals surface area contributed by atoms with Crippen molar-refractivity contribution < 1.29 is 0 Å². The Kier molecular flexibility index (Phi) is 9.74. The first-order chi connectivity index (χ1) is 6.61. The van der Waals surface area contributed by atoms with Crippen LogP contribution in [0.4, 0.5) is 0 Å². The molecule has 84 valence electrons. The Labute approximate surface area is 93.8 Å². The van der Waals surface area contributed by atoms with Crippen LogP contribution in [0, 0.1) is 0 Å². The molecule has 0 rings (SSSR count). The fraction of sp³-hybridized carbons (Fsp3) is 0.385. The van der Waals surface area contributed by atoms with E-state index in [9.17, 15) is 0 Å². The summed E-state index contributed by atoms with van der Waals surface area (Å²) in [7, 11) is 0. The minimum absolute atomic E-state index is 0. The van der Waals surface area contributed by atoms with Crippen LogP contribution < -0.4 is 0 Å². The van der Waals surface area contributed by atoms with Gasteiger partial charge in [0, 0.05) is 6.72 Å². The van der Waals surface area contributed by atoms with Crippen LogP contribution in [-0.4, -0.2) is 12.9 Å². The van der Waals surface area contributed by atoms with Gasteiger partial charge in [-0.1, -0.05) is 38.7 Å². The highest BCUT2D eigenvalue weighted by Crippen LogP contribution is 2.10. The first-order valence-corrected chi connectivity index (χ1v) is 4.65. The molecular formula is C13H22N2. The van der Waals surface area contributed by atoms with E-state index in [-0.39, 0.29) is 7.43 Å². The molecule has 0 aliphatic heterocycles. The number of hydrogen-bond donors (Lipinski definition) is 0. The van der Waals surface area contributed by atoms with E-state index in [0.717, 1.165) is 17.6 Å². The van der Waals surface area contributed by atoms with Crippen molar-refractivity contribution in [3.8, 4) is 0 Å². The molecule has 0 N–H and O–H groups in total. The Morgan fingerprint density at radius 1 is 1.33 bits per heavy atom. The Balaban J connectivity index is 0. The SMILES string of the molecule is C.C=N\N=C/C(=C/C(=C)C)C(/C)=C\CC. The number of hydrogen-bond acceptors (Lipinski definition) is 2. The lowest BCUT2D eigenvalue weighted by atomic mass is 10.1. The van der Waals surface area contributed by atoms with E-state index in [1.807, 2.05) is 19.9 Å². The fourth-order valence-electron chi connectivity index (χ4n) is 1.05. The van der Waals surface area contributed by atoms with Gasteiger partial charge in [-0.3, -0.25) is 0 Å². The van der Waals surface area contributed by atoms with Crippen molar-refractivity contribution in [3.63, 3.8) is 0 Å². The zero-order valence-corrected chi connectivity index (χ0v) is 9.25. The van der Waals surface area contributed by atoms with Crippen molar-refractivity contribution in [2.45, 2.75) is 34.6 Å². The second-order valence-corrected chi connectivity index (χ2v) is 3.13. The molecule has 0 fully saturated rings. The van der Waals surface area contributed by atoms with Gasteiger partial charge in [0.25, 0.3) is 0 Å². The summed E-state index contributed by atoms with van der Waals surface area (Å²) >= 11 is 0. The predicted octanol–water partition coefficient (Wildman–Crippen LogP) is 4.17. The predicted molar refractivity (Wildman–Crippen MR) is 71.7 cm³/mol. The second kappa shape index (κ2) is 9.13. The van der Waals surface area contributed by atoms with E-state index < -0.39 is 0 Å². The van der Waals surface area contributed by atoms with Gasteiger partial charge < -0.3 is 0 Å². The van der Waals surface area contributed by atoms with Gasteiger partial charge in [-0.25, -0.2) is 0 Å². The number of nitrogens with zero attached hydrogens (tertiary/aromatic N) is 2. The highest BCUT2D eigenvalue weighted by molar-refractivity contribution is 5.85. The van der Waals surface area contributed by atoms with E-state index in [0.29, 0.717) is 0 Å². The summed E-state index contributed by atoms with van der Waals surface area (Å²) in [6.45, 7) is 13.2. The van der Waals surface area contributed by atoms with Crippen LogP contribution in [0.5, 0.6) is 0 Å². The lowest BCUT2D eigenvalue weighted by Gasteiger charge is -2.01. The normalized spacial score (nSPS) is 12.5. The minimum atomic E-state index is 0. The molecule has 0 spiro atoms. The summed E-state index contributed by atoms with van der Waals surface area (Å²) in [4.78, 5) is 0. The van der Waals surface area contributed by atoms with Gasteiger partial charge in [0.2, 0.25) is 0 Å². The molecule has 0 aromatic carbocycles. The Morgan fingerprint density at radius 2 is 1.93 bits per heavy atom. The summed E-state index contributed by atoms with van der Waals surface area (Å²) in [6, 6.07) is 0. The van der Waals surface area contributed by atoms with Gasteiger partial charge >= 0.3 is 0 Å². The standard InChI is InChI=1S/C12H18N2.CH4/c1-6-7-11(4)12(8-10(2)3)9-14-13-5;/h7-9H,2,5-6H2,1,3-4H3;1H4/b11-7-,12-8-,14-9-;. The van der Waals surface area contributed by atoms with Gasteiger partial charge in [-0.15, -0.1) is 0 Å². The smallest absolute Gasteiger partial charge is 0.0570 e. The first-order valence-electron chi connectivity index (χ1n) is 4.65. The molecule has 0 amide bonds. The zero-order chi connectivity index (χ0) is 11.0. The monoisotopic (exact) mass is 206 g/mol. The van der Waals surface area contributed by atoms with Crippen LogP contribution in [0.2, 0.25) is 0 Å². The Bertz CT molecular complexity index is 294. The minimum Gasteiger partial charge on any atom is -0.167 e. The summed E-state index contributed by atoms with van der Waals surface area (Å²) < 4.78 is 0. The third-order valence-corrected chi connectivity index (χ3v) is 1.65. The molecule has 0 saturated heterocycles. The van der Waals surface area contributed by atoms with Crippen LogP contribution >= 0.6 is 0 Å². The molecule has 0 heterocycles. The Morgan fingerprint density at radius 3 is 2.33 bits per heavy atom. The molecule has 2 heteroatoms. The van der Waals surface area contributed by atoms with Crippen LogP contribution in [0.15, 0.2) is 45.7 Å². The fourth-order valence-corrected chi connectivity index (χ4v) is 1.05. The highest BCUT2D eigenvalue weighted by Gasteiger charge is 1.95. The summed E-state index contributed by atoms with van der Waals surface area (Å²) in [5, 5.41) is 7.21. The van der Waals surface area contributed by atoms with Crippen LogP contribution in [0.25, 0.3) is 0 Å². The lowest BCUT2D eigenvalue weighted by molar-refractivity contribution is 1.19. The average Bonchev–Trinajstić information content (AvgIpc) is 2.12. The van der Waals surface area contributed by atoms with E-state index in [2.05, 4.69) is 36.5 Å². The van der Waals surface area contributed by atoms with Gasteiger partial charge in [0.1, 0.15) is 0 Å². The zero-order valence-electron chi connectivity index (χ0n) is 9.25. The highest BCUT2D eigenvalue weighted by atomic mass is 15.2. The second-order valence-electron chi connectivity index (χ2n) is 3.13. The molecule has 0 radical (unpaired) electrons. The maximum absolute atomic E-state index is 3.83. The van der Waals surface area contributed by atoms with Crippen molar-refractivity contribution in [3.05, 3.63) is 35.5 Å². The largest absolute Gasteiger partial charge is 0.167 e. The van der Waals surface area contributed by atoms with Crippen molar-refractivity contribution in [1.82, 2.24) is 0 Å². The van der Waals surface area contributed by atoms with Crippen molar-refractivity contribution in [2.75, 3.05) is 0 Å². The van der Waals surface area contributed by atoms with Gasteiger partial charge in [-0.05, 0) is 31.4 Å².